The maximum absolute atomic E-state index is 10.5. The maximum Gasteiger partial charge on any atom is 0.113 e. The second-order valence-electron chi connectivity index (χ2n) is 3.93. The molecule has 1 rings (SSSR count). The lowest BCUT2D eigenvalue weighted by Gasteiger charge is -2.27. The SMILES string of the molecule is CCCCC(O)(COC)c1ccccc1. The molecule has 1 aromatic carbocycles. The lowest BCUT2D eigenvalue weighted by atomic mass is 9.89. The van der Waals surface area contributed by atoms with Gasteiger partial charge in [-0.15, -0.1) is 0 Å². The Hall–Kier alpha value is -0.860. The summed E-state index contributed by atoms with van der Waals surface area (Å²) in [6.07, 6.45) is 2.84. The van der Waals surface area contributed by atoms with Crippen LogP contribution in [0, 0.1) is 0 Å². The summed E-state index contributed by atoms with van der Waals surface area (Å²) in [4.78, 5) is 0. The Morgan fingerprint density at radius 3 is 2.47 bits per heavy atom. The molecule has 0 spiro atoms. The Morgan fingerprint density at radius 1 is 1.27 bits per heavy atom. The van der Waals surface area contributed by atoms with Crippen LogP contribution in [0.15, 0.2) is 30.3 Å². The molecule has 0 aliphatic heterocycles. The van der Waals surface area contributed by atoms with Crippen molar-refractivity contribution in [3.8, 4) is 0 Å². The number of hydrogen-bond donors (Lipinski definition) is 1. The van der Waals surface area contributed by atoms with Crippen LogP contribution in [-0.2, 0) is 10.3 Å². The first-order valence-electron chi connectivity index (χ1n) is 5.50. The van der Waals surface area contributed by atoms with E-state index in [0.29, 0.717) is 6.61 Å². The van der Waals surface area contributed by atoms with Gasteiger partial charge in [0.05, 0.1) is 6.61 Å². The highest BCUT2D eigenvalue weighted by molar-refractivity contribution is 5.22. The third-order valence-corrected chi connectivity index (χ3v) is 2.64. The summed E-state index contributed by atoms with van der Waals surface area (Å²) in [7, 11) is 1.62. The number of aliphatic hydroxyl groups is 1. The van der Waals surface area contributed by atoms with E-state index in [9.17, 15) is 5.11 Å². The topological polar surface area (TPSA) is 29.5 Å². The molecule has 0 saturated heterocycles. The smallest absolute Gasteiger partial charge is 0.113 e. The minimum atomic E-state index is -0.827. The summed E-state index contributed by atoms with van der Waals surface area (Å²) in [5.74, 6) is 0. The molecule has 15 heavy (non-hydrogen) atoms. The third kappa shape index (κ3) is 3.33. The lowest BCUT2D eigenvalue weighted by Crippen LogP contribution is -2.31. The molecule has 0 fully saturated rings. The molecular weight excluding hydrogens is 188 g/mol. The molecule has 0 saturated carbocycles. The maximum atomic E-state index is 10.5. The number of hydrogen-bond acceptors (Lipinski definition) is 2. The summed E-state index contributed by atoms with van der Waals surface area (Å²) in [5.41, 5.74) is 0.117. The summed E-state index contributed by atoms with van der Waals surface area (Å²) < 4.78 is 5.11. The van der Waals surface area contributed by atoms with Crippen molar-refractivity contribution in [1.82, 2.24) is 0 Å². The molecule has 0 aliphatic rings. The van der Waals surface area contributed by atoms with E-state index >= 15 is 0 Å². The second kappa shape index (κ2) is 5.89. The number of unbranched alkanes of at least 4 members (excludes halogenated alkanes) is 1. The van der Waals surface area contributed by atoms with E-state index in [0.717, 1.165) is 24.8 Å². The van der Waals surface area contributed by atoms with Crippen molar-refractivity contribution in [3.05, 3.63) is 35.9 Å². The first-order valence-corrected chi connectivity index (χ1v) is 5.50. The predicted molar refractivity (Wildman–Crippen MR) is 61.7 cm³/mol. The summed E-state index contributed by atoms with van der Waals surface area (Å²) in [5, 5.41) is 10.5. The summed E-state index contributed by atoms with van der Waals surface area (Å²) in [6.45, 7) is 2.48. The summed E-state index contributed by atoms with van der Waals surface area (Å²) >= 11 is 0. The van der Waals surface area contributed by atoms with Crippen LogP contribution < -0.4 is 0 Å². The largest absolute Gasteiger partial charge is 0.383 e. The molecule has 2 nitrogen and oxygen atoms in total. The Kier molecular flexibility index (Phi) is 4.79. The van der Waals surface area contributed by atoms with Crippen LogP contribution in [-0.4, -0.2) is 18.8 Å². The van der Waals surface area contributed by atoms with Gasteiger partial charge in [0.1, 0.15) is 5.60 Å². The van der Waals surface area contributed by atoms with E-state index in [1.165, 1.54) is 0 Å². The number of ether oxygens (including phenoxy) is 1. The van der Waals surface area contributed by atoms with Gasteiger partial charge in [0.25, 0.3) is 0 Å². The van der Waals surface area contributed by atoms with Gasteiger partial charge in [-0.3, -0.25) is 0 Å². The highest BCUT2D eigenvalue weighted by atomic mass is 16.5. The molecule has 0 aromatic heterocycles. The molecule has 1 aromatic rings. The molecule has 0 amide bonds. The predicted octanol–water partition coefficient (Wildman–Crippen LogP) is 2.71. The monoisotopic (exact) mass is 208 g/mol. The fourth-order valence-electron chi connectivity index (χ4n) is 1.76. The zero-order valence-electron chi connectivity index (χ0n) is 9.57. The van der Waals surface area contributed by atoms with Gasteiger partial charge in [-0.1, -0.05) is 50.1 Å². The molecule has 84 valence electrons. The first-order chi connectivity index (χ1) is 7.23. The second-order valence-corrected chi connectivity index (χ2v) is 3.93. The van der Waals surface area contributed by atoms with Crippen molar-refractivity contribution in [1.29, 1.82) is 0 Å². The van der Waals surface area contributed by atoms with E-state index < -0.39 is 5.60 Å². The van der Waals surface area contributed by atoms with E-state index in [1.54, 1.807) is 7.11 Å². The van der Waals surface area contributed by atoms with E-state index in [-0.39, 0.29) is 0 Å². The van der Waals surface area contributed by atoms with Crippen LogP contribution in [0.1, 0.15) is 31.7 Å². The minimum absolute atomic E-state index is 0.358. The van der Waals surface area contributed by atoms with Gasteiger partial charge in [0, 0.05) is 7.11 Å². The zero-order valence-corrected chi connectivity index (χ0v) is 9.57. The quantitative estimate of drug-likeness (QED) is 0.779. The third-order valence-electron chi connectivity index (χ3n) is 2.64. The van der Waals surface area contributed by atoms with Crippen molar-refractivity contribution in [2.24, 2.45) is 0 Å². The van der Waals surface area contributed by atoms with Crippen molar-refractivity contribution in [3.63, 3.8) is 0 Å². The van der Waals surface area contributed by atoms with Crippen LogP contribution in [0.25, 0.3) is 0 Å². The van der Waals surface area contributed by atoms with Crippen molar-refractivity contribution >= 4 is 0 Å². The summed E-state index contributed by atoms with van der Waals surface area (Å²) in [6, 6.07) is 9.75. The Morgan fingerprint density at radius 2 is 1.93 bits per heavy atom. The Bertz CT molecular complexity index is 271. The molecule has 0 aliphatic carbocycles. The van der Waals surface area contributed by atoms with Gasteiger partial charge in [0.15, 0.2) is 0 Å². The molecule has 0 bridgehead atoms. The average Bonchev–Trinajstić information content (AvgIpc) is 2.28. The first kappa shape index (κ1) is 12.2. The van der Waals surface area contributed by atoms with E-state index in [1.807, 2.05) is 30.3 Å². The minimum Gasteiger partial charge on any atom is -0.383 e. The van der Waals surface area contributed by atoms with Gasteiger partial charge >= 0.3 is 0 Å². The molecule has 1 atom stereocenters. The van der Waals surface area contributed by atoms with Crippen molar-refractivity contribution in [2.75, 3.05) is 13.7 Å². The average molecular weight is 208 g/mol. The fourth-order valence-corrected chi connectivity index (χ4v) is 1.76. The number of benzene rings is 1. The van der Waals surface area contributed by atoms with Gasteiger partial charge < -0.3 is 9.84 Å². The highest BCUT2D eigenvalue weighted by Gasteiger charge is 2.28. The van der Waals surface area contributed by atoms with Crippen LogP contribution in [0.3, 0.4) is 0 Å². The Labute approximate surface area is 91.9 Å². The lowest BCUT2D eigenvalue weighted by molar-refractivity contribution is -0.0435. The van der Waals surface area contributed by atoms with E-state index in [4.69, 9.17) is 4.74 Å². The van der Waals surface area contributed by atoms with Crippen molar-refractivity contribution < 1.29 is 9.84 Å². The van der Waals surface area contributed by atoms with Gasteiger partial charge in [-0.2, -0.15) is 0 Å². The van der Waals surface area contributed by atoms with Crippen LogP contribution >= 0.6 is 0 Å². The zero-order chi connectivity index (χ0) is 11.1. The molecule has 1 N–H and O–H groups in total. The van der Waals surface area contributed by atoms with Crippen LogP contribution in [0.5, 0.6) is 0 Å². The van der Waals surface area contributed by atoms with Gasteiger partial charge in [0.2, 0.25) is 0 Å². The fraction of sp³-hybridized carbons (Fsp3) is 0.538. The van der Waals surface area contributed by atoms with Crippen molar-refractivity contribution in [2.45, 2.75) is 31.8 Å². The van der Waals surface area contributed by atoms with E-state index in [2.05, 4.69) is 6.92 Å². The van der Waals surface area contributed by atoms with Gasteiger partial charge in [-0.25, -0.2) is 0 Å². The molecular formula is C13H20O2. The molecule has 0 heterocycles. The standard InChI is InChI=1S/C13H20O2/c1-3-4-10-13(14,11-15-2)12-8-6-5-7-9-12/h5-9,14H,3-4,10-11H2,1-2H3. The molecule has 1 unspecified atom stereocenters. The highest BCUT2D eigenvalue weighted by Crippen LogP contribution is 2.27. The molecule has 2 heteroatoms. The number of rotatable bonds is 6. The van der Waals surface area contributed by atoms with Crippen LogP contribution in [0.4, 0.5) is 0 Å². The van der Waals surface area contributed by atoms with Crippen LogP contribution in [0.2, 0.25) is 0 Å². The number of methoxy groups -OCH3 is 1. The normalized spacial score (nSPS) is 14.9. The van der Waals surface area contributed by atoms with Gasteiger partial charge in [-0.05, 0) is 12.0 Å². The Balaban J connectivity index is 2.80. The molecule has 0 radical (unpaired) electrons.